The van der Waals surface area contributed by atoms with E-state index < -0.39 is 30.0 Å². The summed E-state index contributed by atoms with van der Waals surface area (Å²) in [6, 6.07) is 8.39. The zero-order valence-electron chi connectivity index (χ0n) is 14.8. The van der Waals surface area contributed by atoms with E-state index in [0.717, 1.165) is 5.56 Å². The van der Waals surface area contributed by atoms with Crippen LogP contribution in [0.4, 0.5) is 14.0 Å². The van der Waals surface area contributed by atoms with Crippen molar-refractivity contribution >= 4 is 12.2 Å². The van der Waals surface area contributed by atoms with Crippen LogP contribution >= 0.6 is 0 Å². The number of benzene rings is 1. The van der Waals surface area contributed by atoms with Gasteiger partial charge in [-0.2, -0.15) is 0 Å². The first-order chi connectivity index (χ1) is 11.7. The number of piperidine rings is 1. The van der Waals surface area contributed by atoms with E-state index in [0.29, 0.717) is 0 Å². The van der Waals surface area contributed by atoms with Crippen molar-refractivity contribution in [3.05, 3.63) is 35.9 Å². The van der Waals surface area contributed by atoms with E-state index in [2.05, 4.69) is 5.32 Å². The number of alkyl halides is 1. The summed E-state index contributed by atoms with van der Waals surface area (Å²) in [4.78, 5) is 25.4. The van der Waals surface area contributed by atoms with Crippen molar-refractivity contribution in [3.63, 3.8) is 0 Å². The molecule has 1 aromatic rings. The number of ether oxygens (including phenoxy) is 2. The van der Waals surface area contributed by atoms with Gasteiger partial charge >= 0.3 is 12.2 Å². The van der Waals surface area contributed by atoms with Crippen LogP contribution in [0.15, 0.2) is 30.3 Å². The second-order valence-electron chi connectivity index (χ2n) is 7.04. The maximum atomic E-state index is 14.1. The number of rotatable bonds is 3. The molecule has 0 aliphatic carbocycles. The quantitative estimate of drug-likeness (QED) is 0.907. The Morgan fingerprint density at radius 1 is 1.28 bits per heavy atom. The fourth-order valence-electron chi connectivity index (χ4n) is 2.47. The monoisotopic (exact) mass is 352 g/mol. The van der Waals surface area contributed by atoms with Crippen LogP contribution < -0.4 is 5.32 Å². The zero-order chi connectivity index (χ0) is 18.4. The molecule has 1 heterocycles. The molecule has 2 amide bonds. The molecule has 2 atom stereocenters. The maximum Gasteiger partial charge on any atom is 0.410 e. The molecule has 1 N–H and O–H groups in total. The molecular weight excluding hydrogens is 327 g/mol. The van der Waals surface area contributed by atoms with Gasteiger partial charge in [-0.25, -0.2) is 14.0 Å². The highest BCUT2D eigenvalue weighted by Gasteiger charge is 2.34. The normalized spacial score (nSPS) is 20.7. The van der Waals surface area contributed by atoms with Crippen molar-refractivity contribution < 1.29 is 23.5 Å². The van der Waals surface area contributed by atoms with Crippen molar-refractivity contribution in [3.8, 4) is 0 Å². The van der Waals surface area contributed by atoms with Gasteiger partial charge in [0.2, 0.25) is 0 Å². The molecule has 2 rings (SSSR count). The van der Waals surface area contributed by atoms with Crippen LogP contribution in [0.5, 0.6) is 0 Å². The van der Waals surface area contributed by atoms with Gasteiger partial charge in [0.1, 0.15) is 18.4 Å². The summed E-state index contributed by atoms with van der Waals surface area (Å²) in [5.41, 5.74) is 0.217. The minimum absolute atomic E-state index is 0.0521. The third kappa shape index (κ3) is 6.25. The number of halogens is 1. The molecule has 1 aromatic carbocycles. The van der Waals surface area contributed by atoms with E-state index in [-0.39, 0.29) is 26.1 Å². The number of alkyl carbamates (subject to hydrolysis) is 1. The highest BCUT2D eigenvalue weighted by molar-refractivity contribution is 5.70. The Bertz CT molecular complexity index is 588. The molecule has 7 heteroatoms. The van der Waals surface area contributed by atoms with Gasteiger partial charge in [-0.1, -0.05) is 30.3 Å². The minimum atomic E-state index is -1.23. The number of carbonyl (C=O) groups is 2. The van der Waals surface area contributed by atoms with E-state index >= 15 is 0 Å². The highest BCUT2D eigenvalue weighted by Crippen LogP contribution is 2.18. The molecule has 1 aliphatic rings. The molecule has 1 saturated heterocycles. The van der Waals surface area contributed by atoms with E-state index in [9.17, 15) is 14.0 Å². The third-order valence-corrected chi connectivity index (χ3v) is 3.70. The van der Waals surface area contributed by atoms with E-state index in [1.807, 2.05) is 30.3 Å². The SMILES string of the molecule is CC(C)(C)OC(=O)N1CC[C@@H](F)[C@@H](NC(=O)OCc2ccccc2)C1. The van der Waals surface area contributed by atoms with Crippen molar-refractivity contribution in [1.82, 2.24) is 10.2 Å². The average molecular weight is 352 g/mol. The number of hydrogen-bond donors (Lipinski definition) is 1. The summed E-state index contributed by atoms with van der Waals surface area (Å²) in [5.74, 6) is 0. The molecule has 1 aliphatic heterocycles. The topological polar surface area (TPSA) is 67.9 Å². The maximum absolute atomic E-state index is 14.1. The highest BCUT2D eigenvalue weighted by atomic mass is 19.1. The molecule has 0 spiro atoms. The lowest BCUT2D eigenvalue weighted by Crippen LogP contribution is -2.55. The Kier molecular flexibility index (Phi) is 6.22. The minimum Gasteiger partial charge on any atom is -0.445 e. The van der Waals surface area contributed by atoms with Crippen LogP contribution in [-0.4, -0.2) is 48.0 Å². The van der Waals surface area contributed by atoms with Crippen molar-refractivity contribution in [1.29, 1.82) is 0 Å². The van der Waals surface area contributed by atoms with Crippen molar-refractivity contribution in [2.45, 2.75) is 51.6 Å². The van der Waals surface area contributed by atoms with E-state index in [1.54, 1.807) is 20.8 Å². The summed E-state index contributed by atoms with van der Waals surface area (Å²) in [6.45, 7) is 5.71. The van der Waals surface area contributed by atoms with Crippen LogP contribution in [0.1, 0.15) is 32.8 Å². The van der Waals surface area contributed by atoms with Crippen LogP contribution in [0.3, 0.4) is 0 Å². The number of carbonyl (C=O) groups excluding carboxylic acids is 2. The van der Waals surface area contributed by atoms with Gasteiger partial charge in [-0.3, -0.25) is 0 Å². The average Bonchev–Trinajstić information content (AvgIpc) is 2.54. The molecule has 0 radical (unpaired) electrons. The third-order valence-electron chi connectivity index (χ3n) is 3.70. The van der Waals surface area contributed by atoms with E-state index in [1.165, 1.54) is 4.90 Å². The second-order valence-corrected chi connectivity index (χ2v) is 7.04. The molecular formula is C18H25FN2O4. The first kappa shape index (κ1) is 19.0. The molecule has 138 valence electrons. The first-order valence-corrected chi connectivity index (χ1v) is 8.34. The van der Waals surface area contributed by atoms with Gasteiger partial charge in [-0.05, 0) is 32.8 Å². The van der Waals surface area contributed by atoms with Gasteiger partial charge in [0.15, 0.2) is 0 Å². The molecule has 0 saturated carbocycles. The van der Waals surface area contributed by atoms with E-state index in [4.69, 9.17) is 9.47 Å². The van der Waals surface area contributed by atoms with Gasteiger partial charge in [0, 0.05) is 13.1 Å². The first-order valence-electron chi connectivity index (χ1n) is 8.34. The smallest absolute Gasteiger partial charge is 0.410 e. The standard InChI is InChI=1S/C18H25FN2O4/c1-18(2,3)25-17(23)21-10-9-14(19)15(11-21)20-16(22)24-12-13-7-5-4-6-8-13/h4-8,14-15H,9-12H2,1-3H3,(H,20,22)/t14-,15+/m1/s1. The van der Waals surface area contributed by atoms with Gasteiger partial charge in [0.25, 0.3) is 0 Å². The van der Waals surface area contributed by atoms with Crippen LogP contribution in [0, 0.1) is 0 Å². The summed E-state index contributed by atoms with van der Waals surface area (Å²) in [7, 11) is 0. The molecule has 6 nitrogen and oxygen atoms in total. The number of nitrogens with zero attached hydrogens (tertiary/aromatic N) is 1. The molecule has 25 heavy (non-hydrogen) atoms. The number of amides is 2. The van der Waals surface area contributed by atoms with Gasteiger partial charge < -0.3 is 19.7 Å². The Labute approximate surface area is 147 Å². The predicted octanol–water partition coefficient (Wildman–Crippen LogP) is 3.26. The second kappa shape index (κ2) is 8.18. The summed E-state index contributed by atoms with van der Waals surface area (Å²) in [6.07, 6.45) is -2.31. The summed E-state index contributed by atoms with van der Waals surface area (Å²) in [5, 5.41) is 2.50. The van der Waals surface area contributed by atoms with Crippen LogP contribution in [-0.2, 0) is 16.1 Å². The molecule has 0 aromatic heterocycles. The largest absolute Gasteiger partial charge is 0.445 e. The van der Waals surface area contributed by atoms with Gasteiger partial charge in [-0.15, -0.1) is 0 Å². The lowest BCUT2D eigenvalue weighted by atomic mass is 10.0. The number of likely N-dealkylation sites (tertiary alicyclic amines) is 1. The summed E-state index contributed by atoms with van der Waals surface area (Å²) < 4.78 is 24.5. The Balaban J connectivity index is 1.84. The van der Waals surface area contributed by atoms with Crippen LogP contribution in [0.25, 0.3) is 0 Å². The lowest BCUT2D eigenvalue weighted by molar-refractivity contribution is 0.0108. The van der Waals surface area contributed by atoms with Gasteiger partial charge in [0.05, 0.1) is 6.04 Å². The fraction of sp³-hybridized carbons (Fsp3) is 0.556. The summed E-state index contributed by atoms with van der Waals surface area (Å²) >= 11 is 0. The van der Waals surface area contributed by atoms with Crippen LogP contribution in [0.2, 0.25) is 0 Å². The fourth-order valence-corrected chi connectivity index (χ4v) is 2.47. The molecule has 0 bridgehead atoms. The Morgan fingerprint density at radius 3 is 2.60 bits per heavy atom. The molecule has 0 unspecified atom stereocenters. The lowest BCUT2D eigenvalue weighted by Gasteiger charge is -2.36. The zero-order valence-corrected chi connectivity index (χ0v) is 14.8. The number of hydrogen-bond acceptors (Lipinski definition) is 4. The molecule has 1 fully saturated rings. The predicted molar refractivity (Wildman–Crippen MR) is 90.9 cm³/mol. The van der Waals surface area contributed by atoms with Crippen molar-refractivity contribution in [2.24, 2.45) is 0 Å². The number of nitrogens with one attached hydrogen (secondary N) is 1. The Morgan fingerprint density at radius 2 is 1.96 bits per heavy atom. The van der Waals surface area contributed by atoms with Crippen molar-refractivity contribution in [2.75, 3.05) is 13.1 Å². The Hall–Kier alpha value is -2.31.